The first kappa shape index (κ1) is 20.6. The van der Waals surface area contributed by atoms with E-state index in [2.05, 4.69) is 11.4 Å². The van der Waals surface area contributed by atoms with Crippen LogP contribution >= 0.6 is 0 Å². The number of aryl methyl sites for hydroxylation is 1. The van der Waals surface area contributed by atoms with Gasteiger partial charge < -0.3 is 5.32 Å². The number of ketones is 1. The van der Waals surface area contributed by atoms with Gasteiger partial charge in [0.1, 0.15) is 0 Å². The van der Waals surface area contributed by atoms with Crippen LogP contribution in [0.1, 0.15) is 40.7 Å². The monoisotopic (exact) mass is 408 g/mol. The lowest BCUT2D eigenvalue weighted by molar-refractivity contribution is -0.120. The van der Waals surface area contributed by atoms with Crippen LogP contribution in [0.25, 0.3) is 0 Å². The van der Waals surface area contributed by atoms with Crippen LogP contribution in [0.4, 0.5) is 5.69 Å². The van der Waals surface area contributed by atoms with E-state index in [0.717, 1.165) is 11.1 Å². The molecule has 3 atom stereocenters. The normalized spacial score (nSPS) is 24.1. The van der Waals surface area contributed by atoms with Crippen molar-refractivity contribution >= 4 is 17.4 Å². The molecule has 31 heavy (non-hydrogen) atoms. The summed E-state index contributed by atoms with van der Waals surface area (Å²) in [5, 5.41) is 13.3. The van der Waals surface area contributed by atoms with Gasteiger partial charge >= 0.3 is 0 Å². The van der Waals surface area contributed by atoms with Gasteiger partial charge in [0.25, 0.3) is 0 Å². The molecule has 154 valence electrons. The number of anilines is 1. The fraction of sp³-hybridized carbons (Fsp3) is 0.222. The van der Waals surface area contributed by atoms with Gasteiger partial charge in [-0.1, -0.05) is 79.7 Å². The van der Waals surface area contributed by atoms with E-state index < -0.39 is 22.7 Å². The minimum absolute atomic E-state index is 0.162. The van der Waals surface area contributed by atoms with Crippen LogP contribution < -0.4 is 5.32 Å². The molecule has 1 saturated carbocycles. The Balaban J connectivity index is 1.84. The van der Waals surface area contributed by atoms with E-state index in [0.29, 0.717) is 17.7 Å². The first-order valence-electron chi connectivity index (χ1n) is 10.5. The molecule has 3 aromatic carbocycles. The number of nitrogens with zero attached hydrogens (tertiary/aromatic N) is 1. The number of benzene rings is 3. The van der Waals surface area contributed by atoms with Crippen molar-refractivity contribution in [3.63, 3.8) is 0 Å². The number of carbonyl (C=O) groups excluding carboxylic acids is 2. The number of hydrogen-bond donors (Lipinski definition) is 1. The zero-order valence-corrected chi connectivity index (χ0v) is 17.6. The predicted molar refractivity (Wildman–Crippen MR) is 121 cm³/mol. The summed E-state index contributed by atoms with van der Waals surface area (Å²) in [6, 6.07) is 28.1. The highest BCUT2D eigenvalue weighted by atomic mass is 16.2. The number of hydrogen-bond acceptors (Lipinski definition) is 3. The number of carbonyl (C=O) groups is 2. The standard InChI is InChI=1S/C27H24N2O2/c1-3-26(24(30)21-14-8-5-9-15-21)23(20-12-6-4-7-13-20)27(26,18-28)25(31)29-22-16-10-11-19(2)17-22/h4-17,23H,3H2,1-2H3,(H,29,31). The van der Waals surface area contributed by atoms with E-state index in [1.807, 2.05) is 68.4 Å². The van der Waals surface area contributed by atoms with Gasteiger partial charge in [-0.05, 0) is 36.6 Å². The van der Waals surface area contributed by atoms with E-state index in [9.17, 15) is 14.9 Å². The van der Waals surface area contributed by atoms with Crippen LogP contribution in [-0.4, -0.2) is 11.7 Å². The number of nitriles is 1. The largest absolute Gasteiger partial charge is 0.325 e. The second-order valence-electron chi connectivity index (χ2n) is 8.11. The summed E-state index contributed by atoms with van der Waals surface area (Å²) in [5.74, 6) is -1.11. The Bertz CT molecular complexity index is 1170. The third-order valence-electron chi connectivity index (χ3n) is 6.49. The Morgan fingerprint density at radius 3 is 2.19 bits per heavy atom. The Labute approximate surface area is 182 Å². The second kappa shape index (κ2) is 7.85. The van der Waals surface area contributed by atoms with Gasteiger partial charge in [0, 0.05) is 17.2 Å². The summed E-state index contributed by atoms with van der Waals surface area (Å²) in [5.41, 5.74) is 0.357. The van der Waals surface area contributed by atoms with Gasteiger partial charge in [0.15, 0.2) is 11.2 Å². The van der Waals surface area contributed by atoms with Crippen molar-refractivity contribution in [1.82, 2.24) is 0 Å². The first-order valence-corrected chi connectivity index (χ1v) is 10.5. The average molecular weight is 409 g/mol. The maximum Gasteiger partial charge on any atom is 0.246 e. The molecule has 1 fully saturated rings. The van der Waals surface area contributed by atoms with Crippen molar-refractivity contribution in [2.24, 2.45) is 10.8 Å². The lowest BCUT2D eigenvalue weighted by Crippen LogP contribution is -2.33. The molecule has 4 nitrogen and oxygen atoms in total. The fourth-order valence-electron chi connectivity index (χ4n) is 5.02. The molecule has 0 saturated heterocycles. The van der Waals surface area contributed by atoms with Crippen molar-refractivity contribution in [2.75, 3.05) is 5.32 Å². The molecular formula is C27H24N2O2. The minimum atomic E-state index is -1.49. The topological polar surface area (TPSA) is 70.0 Å². The number of nitrogens with one attached hydrogen (secondary N) is 1. The molecule has 0 aliphatic heterocycles. The Hall–Kier alpha value is -3.71. The molecule has 0 aromatic heterocycles. The van der Waals surface area contributed by atoms with Crippen molar-refractivity contribution < 1.29 is 9.59 Å². The second-order valence-corrected chi connectivity index (χ2v) is 8.11. The lowest BCUT2D eigenvalue weighted by atomic mass is 9.83. The first-order chi connectivity index (χ1) is 15.0. The fourth-order valence-corrected chi connectivity index (χ4v) is 5.02. The maximum atomic E-state index is 13.8. The highest BCUT2D eigenvalue weighted by molar-refractivity contribution is 6.14. The molecule has 1 aliphatic rings. The summed E-state index contributed by atoms with van der Waals surface area (Å²) in [6.45, 7) is 3.82. The van der Waals surface area contributed by atoms with E-state index >= 15 is 0 Å². The zero-order chi connectivity index (χ0) is 22.1. The van der Waals surface area contributed by atoms with E-state index in [4.69, 9.17) is 0 Å². The SMILES string of the molecule is CCC1(C(=O)c2ccccc2)C(c2ccccc2)C1(C#N)C(=O)Nc1cccc(C)c1. The van der Waals surface area contributed by atoms with Crippen molar-refractivity contribution in [3.05, 3.63) is 102 Å². The molecule has 0 bridgehead atoms. The molecule has 3 unspecified atom stereocenters. The van der Waals surface area contributed by atoms with Crippen molar-refractivity contribution in [1.29, 1.82) is 5.26 Å². The van der Waals surface area contributed by atoms with Gasteiger partial charge in [-0.25, -0.2) is 0 Å². The quantitative estimate of drug-likeness (QED) is 0.546. The maximum absolute atomic E-state index is 13.8. The molecule has 0 spiro atoms. The predicted octanol–water partition coefficient (Wildman–Crippen LogP) is 5.52. The van der Waals surface area contributed by atoms with Crippen molar-refractivity contribution in [3.8, 4) is 6.07 Å². The molecule has 0 heterocycles. The molecule has 3 aromatic rings. The van der Waals surface area contributed by atoms with Crippen LogP contribution in [0.15, 0.2) is 84.9 Å². The van der Waals surface area contributed by atoms with Crippen LogP contribution in [-0.2, 0) is 4.79 Å². The summed E-state index contributed by atoms with van der Waals surface area (Å²) >= 11 is 0. The van der Waals surface area contributed by atoms with Crippen LogP contribution in [0.3, 0.4) is 0 Å². The van der Waals surface area contributed by atoms with Gasteiger partial charge in [0.2, 0.25) is 5.91 Å². The highest BCUT2D eigenvalue weighted by Crippen LogP contribution is 2.77. The Morgan fingerprint density at radius 1 is 0.968 bits per heavy atom. The molecule has 4 heteroatoms. The minimum Gasteiger partial charge on any atom is -0.325 e. The molecule has 1 N–H and O–H groups in total. The Kier molecular flexibility index (Phi) is 5.20. The lowest BCUT2D eigenvalue weighted by Gasteiger charge is -2.18. The number of amides is 1. The molecular weight excluding hydrogens is 384 g/mol. The van der Waals surface area contributed by atoms with Crippen LogP contribution in [0.2, 0.25) is 0 Å². The average Bonchev–Trinajstić information content (AvgIpc) is 3.44. The van der Waals surface area contributed by atoms with Gasteiger partial charge in [-0.2, -0.15) is 5.26 Å². The van der Waals surface area contributed by atoms with Crippen molar-refractivity contribution in [2.45, 2.75) is 26.2 Å². The zero-order valence-electron chi connectivity index (χ0n) is 17.6. The van der Waals surface area contributed by atoms with E-state index in [1.165, 1.54) is 0 Å². The third-order valence-corrected chi connectivity index (χ3v) is 6.49. The number of rotatable bonds is 6. The third kappa shape index (κ3) is 3.05. The highest BCUT2D eigenvalue weighted by Gasteiger charge is 2.84. The molecule has 1 amide bonds. The van der Waals surface area contributed by atoms with Crippen LogP contribution in [0.5, 0.6) is 0 Å². The molecule has 1 aliphatic carbocycles. The van der Waals surface area contributed by atoms with Gasteiger partial charge in [-0.3, -0.25) is 9.59 Å². The molecule has 0 radical (unpaired) electrons. The Morgan fingerprint density at radius 2 is 1.61 bits per heavy atom. The smallest absolute Gasteiger partial charge is 0.246 e. The summed E-state index contributed by atoms with van der Waals surface area (Å²) in [6.07, 6.45) is 0.384. The summed E-state index contributed by atoms with van der Waals surface area (Å²) < 4.78 is 0. The molecule has 4 rings (SSSR count). The van der Waals surface area contributed by atoms with Gasteiger partial charge in [0.05, 0.1) is 11.5 Å². The summed E-state index contributed by atoms with van der Waals surface area (Å²) in [7, 11) is 0. The van der Waals surface area contributed by atoms with Crippen LogP contribution in [0, 0.1) is 29.1 Å². The number of Topliss-reactive ketones (excluding diaryl/α,β-unsaturated/α-hetero) is 1. The van der Waals surface area contributed by atoms with Gasteiger partial charge in [-0.15, -0.1) is 0 Å². The van der Waals surface area contributed by atoms with E-state index in [-0.39, 0.29) is 5.78 Å². The summed E-state index contributed by atoms with van der Waals surface area (Å²) in [4.78, 5) is 27.4. The van der Waals surface area contributed by atoms with E-state index in [1.54, 1.807) is 30.3 Å².